The van der Waals surface area contributed by atoms with E-state index in [1.165, 1.54) is 28.9 Å². The molecule has 0 saturated carbocycles. The number of hydrogen-bond donors (Lipinski definition) is 0. The first-order chi connectivity index (χ1) is 10.6. The molecule has 0 radical (unpaired) electrons. The number of rotatable bonds is 7. The van der Waals surface area contributed by atoms with Crippen LogP contribution in [0.25, 0.3) is 0 Å². The second-order valence-corrected chi connectivity index (χ2v) is 7.46. The molecule has 2 aromatic carbocycles. The second kappa shape index (κ2) is 8.43. The number of thioether (sulfide) groups is 1. The van der Waals surface area contributed by atoms with Crippen molar-refractivity contribution in [1.82, 2.24) is 0 Å². The van der Waals surface area contributed by atoms with Gasteiger partial charge >= 0.3 is 0 Å². The molecular formula is C21H28S. The summed E-state index contributed by atoms with van der Waals surface area (Å²) in [6.07, 6.45) is 2.52. The first-order valence-corrected chi connectivity index (χ1v) is 9.41. The maximum absolute atomic E-state index is 2.43. The lowest BCUT2D eigenvalue weighted by Gasteiger charge is -2.19. The maximum atomic E-state index is 2.43. The van der Waals surface area contributed by atoms with Crippen LogP contribution in [0.4, 0.5) is 0 Å². The standard InChI is InChI=1S/C21H28S/c1-5-9-17(4)21-14-19(12-13-20(21)16(2)3)22-15-18-10-7-6-8-11-18/h6-8,10-14,16-17H,5,9,15H2,1-4H3. The first-order valence-electron chi connectivity index (χ1n) is 8.42. The van der Waals surface area contributed by atoms with Gasteiger partial charge in [-0.2, -0.15) is 0 Å². The largest absolute Gasteiger partial charge is 0.121 e. The summed E-state index contributed by atoms with van der Waals surface area (Å²) in [5, 5.41) is 0. The fourth-order valence-electron chi connectivity index (χ4n) is 2.92. The van der Waals surface area contributed by atoms with E-state index in [-0.39, 0.29) is 0 Å². The summed E-state index contributed by atoms with van der Waals surface area (Å²) in [6, 6.07) is 17.8. The molecule has 0 saturated heterocycles. The Morgan fingerprint density at radius 2 is 1.64 bits per heavy atom. The highest BCUT2D eigenvalue weighted by Crippen LogP contribution is 2.33. The molecule has 0 bridgehead atoms. The van der Waals surface area contributed by atoms with E-state index in [1.54, 1.807) is 5.56 Å². The Balaban J connectivity index is 2.17. The Kier molecular flexibility index (Phi) is 6.57. The Morgan fingerprint density at radius 3 is 2.27 bits per heavy atom. The molecule has 0 aliphatic carbocycles. The normalized spacial score (nSPS) is 12.6. The minimum absolute atomic E-state index is 0.600. The lowest BCUT2D eigenvalue weighted by molar-refractivity contribution is 0.649. The zero-order chi connectivity index (χ0) is 15.9. The Morgan fingerprint density at radius 1 is 0.909 bits per heavy atom. The second-order valence-electron chi connectivity index (χ2n) is 6.41. The molecule has 0 N–H and O–H groups in total. The van der Waals surface area contributed by atoms with Crippen LogP contribution >= 0.6 is 11.8 Å². The molecule has 0 amide bonds. The van der Waals surface area contributed by atoms with Crippen LogP contribution in [0.3, 0.4) is 0 Å². The number of benzene rings is 2. The molecule has 22 heavy (non-hydrogen) atoms. The van der Waals surface area contributed by atoms with Crippen LogP contribution in [0.15, 0.2) is 53.4 Å². The van der Waals surface area contributed by atoms with Crippen molar-refractivity contribution < 1.29 is 0 Å². The molecule has 2 aromatic rings. The van der Waals surface area contributed by atoms with Crippen LogP contribution in [0.5, 0.6) is 0 Å². The summed E-state index contributed by atoms with van der Waals surface area (Å²) >= 11 is 1.94. The van der Waals surface area contributed by atoms with Gasteiger partial charge in [0.1, 0.15) is 0 Å². The Labute approximate surface area is 140 Å². The van der Waals surface area contributed by atoms with Crippen LogP contribution < -0.4 is 0 Å². The summed E-state index contributed by atoms with van der Waals surface area (Å²) in [7, 11) is 0. The highest BCUT2D eigenvalue weighted by molar-refractivity contribution is 7.98. The lowest BCUT2D eigenvalue weighted by Crippen LogP contribution is -2.01. The Hall–Kier alpha value is -1.21. The van der Waals surface area contributed by atoms with Gasteiger partial charge in [0.05, 0.1) is 0 Å². The third-order valence-electron chi connectivity index (χ3n) is 4.18. The van der Waals surface area contributed by atoms with Crippen LogP contribution in [-0.4, -0.2) is 0 Å². The van der Waals surface area contributed by atoms with Crippen molar-refractivity contribution in [2.75, 3.05) is 0 Å². The molecule has 0 aromatic heterocycles. The van der Waals surface area contributed by atoms with E-state index >= 15 is 0 Å². The van der Waals surface area contributed by atoms with E-state index in [2.05, 4.69) is 76.2 Å². The van der Waals surface area contributed by atoms with E-state index in [1.807, 2.05) is 11.8 Å². The van der Waals surface area contributed by atoms with Crippen LogP contribution in [0.1, 0.15) is 69.1 Å². The monoisotopic (exact) mass is 312 g/mol. The topological polar surface area (TPSA) is 0 Å². The third-order valence-corrected chi connectivity index (χ3v) is 5.25. The molecular weight excluding hydrogens is 284 g/mol. The highest BCUT2D eigenvalue weighted by Gasteiger charge is 2.13. The third kappa shape index (κ3) is 4.64. The summed E-state index contributed by atoms with van der Waals surface area (Å²) in [6.45, 7) is 9.25. The molecule has 1 heteroatoms. The average Bonchev–Trinajstić information content (AvgIpc) is 2.53. The van der Waals surface area contributed by atoms with E-state index in [9.17, 15) is 0 Å². The van der Waals surface area contributed by atoms with Gasteiger partial charge in [0.25, 0.3) is 0 Å². The highest BCUT2D eigenvalue weighted by atomic mass is 32.2. The summed E-state index contributed by atoms with van der Waals surface area (Å²) < 4.78 is 0. The fourth-order valence-corrected chi connectivity index (χ4v) is 3.82. The average molecular weight is 313 g/mol. The van der Waals surface area contributed by atoms with E-state index in [0.29, 0.717) is 11.8 Å². The van der Waals surface area contributed by atoms with Gasteiger partial charge in [-0.1, -0.05) is 70.5 Å². The number of hydrogen-bond acceptors (Lipinski definition) is 1. The first kappa shape index (κ1) is 17.1. The van der Waals surface area contributed by atoms with Crippen LogP contribution in [0, 0.1) is 0 Å². The minimum atomic E-state index is 0.600. The van der Waals surface area contributed by atoms with Crippen molar-refractivity contribution in [3.8, 4) is 0 Å². The molecule has 0 fully saturated rings. The van der Waals surface area contributed by atoms with Gasteiger partial charge in [0, 0.05) is 10.6 Å². The van der Waals surface area contributed by atoms with Crippen molar-refractivity contribution in [3.63, 3.8) is 0 Å². The quantitative estimate of drug-likeness (QED) is 0.496. The van der Waals surface area contributed by atoms with Gasteiger partial charge in [0.2, 0.25) is 0 Å². The summed E-state index contributed by atoms with van der Waals surface area (Å²) in [5.74, 6) is 2.30. The molecule has 0 aliphatic rings. The van der Waals surface area contributed by atoms with Gasteiger partial charge < -0.3 is 0 Å². The van der Waals surface area contributed by atoms with Crippen molar-refractivity contribution in [2.24, 2.45) is 0 Å². The zero-order valence-corrected chi connectivity index (χ0v) is 15.1. The lowest BCUT2D eigenvalue weighted by atomic mass is 9.88. The maximum Gasteiger partial charge on any atom is 0.0231 e. The summed E-state index contributed by atoms with van der Waals surface area (Å²) in [5.41, 5.74) is 4.46. The predicted molar refractivity (Wildman–Crippen MR) is 99.9 cm³/mol. The van der Waals surface area contributed by atoms with Crippen molar-refractivity contribution >= 4 is 11.8 Å². The van der Waals surface area contributed by atoms with E-state index in [0.717, 1.165) is 5.75 Å². The minimum Gasteiger partial charge on any atom is -0.121 e. The molecule has 0 heterocycles. The van der Waals surface area contributed by atoms with Gasteiger partial charge in [-0.25, -0.2) is 0 Å². The molecule has 0 nitrogen and oxygen atoms in total. The van der Waals surface area contributed by atoms with E-state index < -0.39 is 0 Å². The van der Waals surface area contributed by atoms with Crippen molar-refractivity contribution in [1.29, 1.82) is 0 Å². The SMILES string of the molecule is CCCC(C)c1cc(SCc2ccccc2)ccc1C(C)C. The van der Waals surface area contributed by atoms with Crippen molar-refractivity contribution in [2.45, 2.75) is 63.0 Å². The summed E-state index contributed by atoms with van der Waals surface area (Å²) in [4.78, 5) is 1.39. The van der Waals surface area contributed by atoms with Gasteiger partial charge in [-0.05, 0) is 47.1 Å². The van der Waals surface area contributed by atoms with Gasteiger partial charge in [0.15, 0.2) is 0 Å². The van der Waals surface area contributed by atoms with Gasteiger partial charge in [-0.3, -0.25) is 0 Å². The van der Waals surface area contributed by atoms with Crippen LogP contribution in [-0.2, 0) is 5.75 Å². The Bertz CT molecular complexity index is 572. The molecule has 0 spiro atoms. The molecule has 118 valence electrons. The van der Waals surface area contributed by atoms with Gasteiger partial charge in [-0.15, -0.1) is 11.8 Å². The smallest absolute Gasteiger partial charge is 0.0231 e. The fraction of sp³-hybridized carbons (Fsp3) is 0.429. The molecule has 0 aliphatic heterocycles. The molecule has 1 atom stereocenters. The molecule has 2 rings (SSSR count). The predicted octanol–water partition coefficient (Wildman–Crippen LogP) is 7.01. The molecule has 1 unspecified atom stereocenters. The van der Waals surface area contributed by atoms with E-state index in [4.69, 9.17) is 0 Å². The van der Waals surface area contributed by atoms with Crippen molar-refractivity contribution in [3.05, 3.63) is 65.2 Å². The van der Waals surface area contributed by atoms with Crippen LogP contribution in [0.2, 0.25) is 0 Å². The zero-order valence-electron chi connectivity index (χ0n) is 14.3.